The van der Waals surface area contributed by atoms with Crippen LogP contribution in [-0.2, 0) is 9.53 Å². The number of nitrogen functional groups attached to an aromatic ring is 1. The average molecular weight is 233 g/mol. The maximum Gasteiger partial charge on any atom is 0.330 e. The predicted molar refractivity (Wildman–Crippen MR) is 70.4 cm³/mol. The standard InChI is InChI=1S/C14H19NO2/c1-2-3-4-11-17-14(16)10-7-12-5-8-13(15)9-6-12/h5-10H,2-4,11,15H2,1H3. The quantitative estimate of drug-likeness (QED) is 0.355. The smallest absolute Gasteiger partial charge is 0.330 e. The molecule has 0 aliphatic carbocycles. The molecule has 0 saturated carbocycles. The molecule has 0 spiro atoms. The van der Waals surface area contributed by atoms with Gasteiger partial charge in [-0.1, -0.05) is 31.9 Å². The van der Waals surface area contributed by atoms with Crippen LogP contribution in [0.15, 0.2) is 30.3 Å². The summed E-state index contributed by atoms with van der Waals surface area (Å²) in [6.07, 6.45) is 6.31. The van der Waals surface area contributed by atoms with Gasteiger partial charge >= 0.3 is 5.97 Å². The van der Waals surface area contributed by atoms with Crippen LogP contribution in [0.4, 0.5) is 5.69 Å². The molecule has 92 valence electrons. The molecule has 1 aromatic carbocycles. The number of rotatable bonds is 6. The monoisotopic (exact) mass is 233 g/mol. The molecule has 1 aromatic rings. The van der Waals surface area contributed by atoms with Crippen molar-refractivity contribution in [1.29, 1.82) is 0 Å². The molecule has 2 N–H and O–H groups in total. The summed E-state index contributed by atoms with van der Waals surface area (Å²) in [5.74, 6) is -0.294. The Bertz CT molecular complexity index is 368. The molecular weight excluding hydrogens is 214 g/mol. The zero-order chi connectivity index (χ0) is 12.5. The van der Waals surface area contributed by atoms with Crippen LogP contribution in [-0.4, -0.2) is 12.6 Å². The Morgan fingerprint density at radius 2 is 2.00 bits per heavy atom. The molecule has 0 atom stereocenters. The molecule has 3 heteroatoms. The van der Waals surface area contributed by atoms with Crippen molar-refractivity contribution in [3.05, 3.63) is 35.9 Å². The van der Waals surface area contributed by atoms with Crippen molar-refractivity contribution >= 4 is 17.7 Å². The number of benzene rings is 1. The molecule has 0 aliphatic rings. The van der Waals surface area contributed by atoms with Crippen LogP contribution < -0.4 is 5.73 Å². The van der Waals surface area contributed by atoms with Crippen LogP contribution in [0, 0.1) is 0 Å². The summed E-state index contributed by atoms with van der Waals surface area (Å²) in [6.45, 7) is 2.61. The summed E-state index contributed by atoms with van der Waals surface area (Å²) < 4.78 is 5.04. The van der Waals surface area contributed by atoms with Crippen molar-refractivity contribution in [3.8, 4) is 0 Å². The third-order valence-electron chi connectivity index (χ3n) is 2.34. The van der Waals surface area contributed by atoms with Gasteiger partial charge in [0, 0.05) is 11.8 Å². The second-order valence-electron chi connectivity index (χ2n) is 3.87. The van der Waals surface area contributed by atoms with Crippen molar-refractivity contribution in [2.24, 2.45) is 0 Å². The highest BCUT2D eigenvalue weighted by atomic mass is 16.5. The summed E-state index contributed by atoms with van der Waals surface area (Å²) in [6, 6.07) is 7.31. The first-order chi connectivity index (χ1) is 8.22. The number of ether oxygens (including phenoxy) is 1. The Morgan fingerprint density at radius 3 is 2.65 bits per heavy atom. The molecule has 0 heterocycles. The molecular formula is C14H19NO2. The second kappa shape index (κ2) is 7.49. The van der Waals surface area contributed by atoms with E-state index < -0.39 is 0 Å². The fraction of sp³-hybridized carbons (Fsp3) is 0.357. The van der Waals surface area contributed by atoms with Crippen LogP contribution >= 0.6 is 0 Å². The van der Waals surface area contributed by atoms with Crippen LogP contribution in [0.2, 0.25) is 0 Å². The van der Waals surface area contributed by atoms with E-state index in [0.717, 1.165) is 24.8 Å². The van der Waals surface area contributed by atoms with Gasteiger partial charge in [0.2, 0.25) is 0 Å². The molecule has 1 rings (SSSR count). The third-order valence-corrected chi connectivity index (χ3v) is 2.34. The largest absolute Gasteiger partial charge is 0.463 e. The summed E-state index contributed by atoms with van der Waals surface area (Å²) in [5, 5.41) is 0. The fourth-order valence-corrected chi connectivity index (χ4v) is 1.34. The molecule has 0 saturated heterocycles. The number of nitrogens with two attached hydrogens (primary N) is 1. The number of hydrogen-bond acceptors (Lipinski definition) is 3. The molecule has 0 aliphatic heterocycles. The zero-order valence-electron chi connectivity index (χ0n) is 10.2. The van der Waals surface area contributed by atoms with E-state index in [1.54, 1.807) is 18.2 Å². The molecule has 0 fully saturated rings. The van der Waals surface area contributed by atoms with E-state index in [4.69, 9.17) is 10.5 Å². The minimum Gasteiger partial charge on any atom is -0.463 e. The molecule has 0 amide bonds. The number of anilines is 1. The Labute approximate surface area is 102 Å². The van der Waals surface area contributed by atoms with Crippen molar-refractivity contribution < 1.29 is 9.53 Å². The minimum atomic E-state index is -0.294. The number of hydrogen-bond donors (Lipinski definition) is 1. The number of esters is 1. The Hall–Kier alpha value is -1.77. The Kier molecular flexibility index (Phi) is 5.86. The van der Waals surface area contributed by atoms with Crippen molar-refractivity contribution in [2.75, 3.05) is 12.3 Å². The van der Waals surface area contributed by atoms with E-state index in [1.807, 2.05) is 12.1 Å². The van der Waals surface area contributed by atoms with Gasteiger partial charge in [0.15, 0.2) is 0 Å². The lowest BCUT2D eigenvalue weighted by atomic mass is 10.2. The molecule has 0 bridgehead atoms. The molecule has 0 aromatic heterocycles. The van der Waals surface area contributed by atoms with Gasteiger partial charge in [0.1, 0.15) is 0 Å². The second-order valence-corrected chi connectivity index (χ2v) is 3.87. The van der Waals surface area contributed by atoms with Gasteiger partial charge in [0.05, 0.1) is 6.61 Å². The van der Waals surface area contributed by atoms with Crippen LogP contribution in [0.5, 0.6) is 0 Å². The van der Waals surface area contributed by atoms with Gasteiger partial charge < -0.3 is 10.5 Å². The van der Waals surface area contributed by atoms with Gasteiger partial charge in [0.25, 0.3) is 0 Å². The summed E-state index contributed by atoms with van der Waals surface area (Å²) >= 11 is 0. The van der Waals surface area contributed by atoms with Crippen molar-refractivity contribution in [2.45, 2.75) is 26.2 Å². The van der Waals surface area contributed by atoms with Crippen molar-refractivity contribution in [3.63, 3.8) is 0 Å². The van der Waals surface area contributed by atoms with Crippen LogP contribution in [0.3, 0.4) is 0 Å². The fourth-order valence-electron chi connectivity index (χ4n) is 1.34. The third kappa shape index (κ3) is 5.76. The van der Waals surface area contributed by atoms with Crippen LogP contribution in [0.1, 0.15) is 31.7 Å². The highest BCUT2D eigenvalue weighted by molar-refractivity contribution is 5.87. The van der Waals surface area contributed by atoms with Crippen molar-refractivity contribution in [1.82, 2.24) is 0 Å². The van der Waals surface area contributed by atoms with Gasteiger partial charge in [-0.05, 0) is 30.2 Å². The first kappa shape index (κ1) is 13.3. The summed E-state index contributed by atoms with van der Waals surface area (Å²) in [5.41, 5.74) is 7.21. The van der Waals surface area contributed by atoms with E-state index in [1.165, 1.54) is 6.08 Å². The molecule has 0 radical (unpaired) electrons. The maximum absolute atomic E-state index is 11.3. The zero-order valence-corrected chi connectivity index (χ0v) is 10.2. The van der Waals surface area contributed by atoms with Crippen LogP contribution in [0.25, 0.3) is 6.08 Å². The van der Waals surface area contributed by atoms with Gasteiger partial charge in [-0.3, -0.25) is 0 Å². The van der Waals surface area contributed by atoms with Gasteiger partial charge in [-0.25, -0.2) is 4.79 Å². The number of carbonyl (C=O) groups is 1. The summed E-state index contributed by atoms with van der Waals surface area (Å²) in [7, 11) is 0. The highest BCUT2D eigenvalue weighted by Crippen LogP contribution is 2.07. The maximum atomic E-state index is 11.3. The molecule has 0 unspecified atom stereocenters. The number of unbranched alkanes of at least 4 members (excludes halogenated alkanes) is 2. The summed E-state index contributed by atoms with van der Waals surface area (Å²) in [4.78, 5) is 11.3. The van der Waals surface area contributed by atoms with Gasteiger partial charge in [-0.15, -0.1) is 0 Å². The van der Waals surface area contributed by atoms with E-state index >= 15 is 0 Å². The normalized spacial score (nSPS) is 10.6. The van der Waals surface area contributed by atoms with E-state index in [-0.39, 0.29) is 5.97 Å². The lowest BCUT2D eigenvalue weighted by Crippen LogP contribution is -2.01. The highest BCUT2D eigenvalue weighted by Gasteiger charge is 1.96. The van der Waals surface area contributed by atoms with E-state index in [0.29, 0.717) is 12.3 Å². The molecule has 17 heavy (non-hydrogen) atoms. The first-order valence-corrected chi connectivity index (χ1v) is 5.92. The first-order valence-electron chi connectivity index (χ1n) is 5.92. The Balaban J connectivity index is 2.32. The topological polar surface area (TPSA) is 52.3 Å². The SMILES string of the molecule is CCCCCOC(=O)C=Cc1ccc(N)cc1. The lowest BCUT2D eigenvalue weighted by Gasteiger charge is -2.00. The molecule has 3 nitrogen and oxygen atoms in total. The Morgan fingerprint density at radius 1 is 1.29 bits per heavy atom. The predicted octanol–water partition coefficient (Wildman–Crippen LogP) is 3.02. The lowest BCUT2D eigenvalue weighted by molar-refractivity contribution is -0.137. The minimum absolute atomic E-state index is 0.294. The van der Waals surface area contributed by atoms with E-state index in [9.17, 15) is 4.79 Å². The van der Waals surface area contributed by atoms with E-state index in [2.05, 4.69) is 6.92 Å². The average Bonchev–Trinajstić information content (AvgIpc) is 2.34. The number of carbonyl (C=O) groups excluding carboxylic acids is 1. The van der Waals surface area contributed by atoms with Gasteiger partial charge in [-0.2, -0.15) is 0 Å².